The first-order valence-electron chi connectivity index (χ1n) is 7.09. The fraction of sp³-hybridized carbons (Fsp3) is 0.467. The van der Waals surface area contributed by atoms with Crippen LogP contribution in [0.1, 0.15) is 62.0 Å². The Kier molecular flexibility index (Phi) is 4.20. The van der Waals surface area contributed by atoms with Gasteiger partial charge in [0.25, 0.3) is 0 Å². The molecule has 1 aromatic heterocycles. The predicted molar refractivity (Wildman–Crippen MR) is 82.7 cm³/mol. The summed E-state index contributed by atoms with van der Waals surface area (Å²) in [5.74, 6) is 1.95. The van der Waals surface area contributed by atoms with Crippen LogP contribution in [0.25, 0.3) is 0 Å². The maximum absolute atomic E-state index is 6.23. The fourth-order valence-electron chi connectivity index (χ4n) is 2.32. The summed E-state index contributed by atoms with van der Waals surface area (Å²) < 4.78 is 5.34. The molecule has 6 heteroatoms. The number of benzene rings is 1. The smallest absolute Gasteiger partial charge is 0.243 e. The molecule has 1 heterocycles. The van der Waals surface area contributed by atoms with E-state index in [0.717, 1.165) is 24.2 Å². The Labute approximate surface area is 133 Å². The molecule has 3 rings (SSSR count). The lowest BCUT2D eigenvalue weighted by Crippen LogP contribution is -2.23. The van der Waals surface area contributed by atoms with Crippen LogP contribution in [-0.2, 0) is 0 Å². The van der Waals surface area contributed by atoms with Gasteiger partial charge in [0.05, 0.1) is 6.04 Å². The Balaban J connectivity index is 1.69. The lowest BCUT2D eigenvalue weighted by Gasteiger charge is -2.19. The molecule has 4 nitrogen and oxygen atoms in total. The zero-order chi connectivity index (χ0) is 15.0. The highest BCUT2D eigenvalue weighted by atomic mass is 35.5. The van der Waals surface area contributed by atoms with E-state index in [9.17, 15) is 0 Å². The van der Waals surface area contributed by atoms with E-state index >= 15 is 0 Å². The maximum Gasteiger partial charge on any atom is 0.243 e. The van der Waals surface area contributed by atoms with E-state index in [0.29, 0.717) is 21.9 Å². The molecular formula is C15H17Cl2N3O. The van der Waals surface area contributed by atoms with Crippen molar-refractivity contribution in [1.29, 1.82) is 0 Å². The summed E-state index contributed by atoms with van der Waals surface area (Å²) in [5.41, 5.74) is 0.995. The number of halogens is 2. The summed E-state index contributed by atoms with van der Waals surface area (Å²) >= 11 is 12.2. The van der Waals surface area contributed by atoms with Crippen LogP contribution < -0.4 is 5.32 Å². The Morgan fingerprint density at radius 1 is 1.24 bits per heavy atom. The zero-order valence-electron chi connectivity index (χ0n) is 11.9. The van der Waals surface area contributed by atoms with Crippen LogP contribution in [0.5, 0.6) is 0 Å². The zero-order valence-corrected chi connectivity index (χ0v) is 13.4. The molecule has 1 aliphatic rings. The summed E-state index contributed by atoms with van der Waals surface area (Å²) in [5, 5.41) is 8.75. The Hall–Kier alpha value is -1.10. The summed E-state index contributed by atoms with van der Waals surface area (Å²) in [7, 11) is 0. The first-order chi connectivity index (χ1) is 10.0. The molecule has 0 bridgehead atoms. The average molecular weight is 326 g/mol. The molecule has 2 aromatic rings. The molecule has 0 spiro atoms. The van der Waals surface area contributed by atoms with E-state index in [1.807, 2.05) is 26.0 Å². The van der Waals surface area contributed by atoms with E-state index in [1.165, 1.54) is 0 Å². The Bertz CT molecular complexity index is 640. The van der Waals surface area contributed by atoms with Crippen molar-refractivity contribution < 1.29 is 4.52 Å². The van der Waals surface area contributed by atoms with Gasteiger partial charge < -0.3 is 4.52 Å². The van der Waals surface area contributed by atoms with Gasteiger partial charge in [-0.3, -0.25) is 5.32 Å². The molecule has 2 unspecified atom stereocenters. The van der Waals surface area contributed by atoms with E-state index < -0.39 is 0 Å². The quantitative estimate of drug-likeness (QED) is 0.868. The number of hydrogen-bond donors (Lipinski definition) is 1. The van der Waals surface area contributed by atoms with Gasteiger partial charge in [0, 0.05) is 22.0 Å². The van der Waals surface area contributed by atoms with Crippen LogP contribution in [0.3, 0.4) is 0 Å². The van der Waals surface area contributed by atoms with Gasteiger partial charge in [-0.1, -0.05) is 34.4 Å². The molecule has 0 amide bonds. The third kappa shape index (κ3) is 3.39. The number of nitrogens with zero attached hydrogens (tertiary/aromatic N) is 2. The first kappa shape index (κ1) is 14.8. The minimum absolute atomic E-state index is 0.0354. The SMILES string of the molecule is CC(NC(C)c1ccc(Cl)cc1Cl)c1nc(C2CC2)no1. The van der Waals surface area contributed by atoms with Crippen molar-refractivity contribution in [3.05, 3.63) is 45.5 Å². The van der Waals surface area contributed by atoms with Crippen LogP contribution >= 0.6 is 23.2 Å². The van der Waals surface area contributed by atoms with Gasteiger partial charge in [-0.15, -0.1) is 0 Å². The van der Waals surface area contributed by atoms with Crippen molar-refractivity contribution in [3.8, 4) is 0 Å². The van der Waals surface area contributed by atoms with Crippen molar-refractivity contribution in [2.45, 2.75) is 44.7 Å². The largest absolute Gasteiger partial charge is 0.338 e. The third-order valence-electron chi connectivity index (χ3n) is 3.70. The second kappa shape index (κ2) is 5.95. The highest BCUT2D eigenvalue weighted by Crippen LogP contribution is 2.38. The van der Waals surface area contributed by atoms with Gasteiger partial charge >= 0.3 is 0 Å². The lowest BCUT2D eigenvalue weighted by atomic mass is 10.1. The second-order valence-corrected chi connectivity index (χ2v) is 6.38. The molecule has 1 aromatic carbocycles. The summed E-state index contributed by atoms with van der Waals surface area (Å²) in [4.78, 5) is 4.46. The van der Waals surface area contributed by atoms with Crippen LogP contribution in [0, 0.1) is 0 Å². The number of aromatic nitrogens is 2. The first-order valence-corrected chi connectivity index (χ1v) is 7.84. The topological polar surface area (TPSA) is 51.0 Å². The number of rotatable bonds is 5. The van der Waals surface area contributed by atoms with Gasteiger partial charge in [0.1, 0.15) is 0 Å². The molecule has 0 saturated heterocycles. The Morgan fingerprint density at radius 2 is 2.00 bits per heavy atom. The van der Waals surface area contributed by atoms with E-state index in [4.69, 9.17) is 27.7 Å². The molecule has 1 N–H and O–H groups in total. The summed E-state index contributed by atoms with van der Waals surface area (Å²) in [6, 6.07) is 5.54. The summed E-state index contributed by atoms with van der Waals surface area (Å²) in [6.07, 6.45) is 2.33. The third-order valence-corrected chi connectivity index (χ3v) is 4.26. The van der Waals surface area contributed by atoms with Crippen LogP contribution in [0.4, 0.5) is 0 Å². The van der Waals surface area contributed by atoms with Crippen LogP contribution in [-0.4, -0.2) is 10.1 Å². The molecule has 112 valence electrons. The summed E-state index contributed by atoms with van der Waals surface area (Å²) in [6.45, 7) is 4.05. The normalized spacial score (nSPS) is 17.7. The molecule has 1 fully saturated rings. The predicted octanol–water partition coefficient (Wildman–Crippen LogP) is 4.67. The molecule has 2 atom stereocenters. The number of hydrogen-bond acceptors (Lipinski definition) is 4. The van der Waals surface area contributed by atoms with E-state index in [1.54, 1.807) is 6.07 Å². The van der Waals surface area contributed by atoms with Crippen molar-refractivity contribution in [2.75, 3.05) is 0 Å². The molecule has 0 radical (unpaired) electrons. The van der Waals surface area contributed by atoms with Crippen LogP contribution in [0.2, 0.25) is 10.0 Å². The van der Waals surface area contributed by atoms with Crippen molar-refractivity contribution in [2.24, 2.45) is 0 Å². The minimum atomic E-state index is -0.0354. The second-order valence-electron chi connectivity index (χ2n) is 5.54. The van der Waals surface area contributed by atoms with Crippen LogP contribution in [0.15, 0.2) is 22.7 Å². The van der Waals surface area contributed by atoms with Gasteiger partial charge in [-0.2, -0.15) is 4.98 Å². The fourth-order valence-corrected chi connectivity index (χ4v) is 2.89. The van der Waals surface area contributed by atoms with Gasteiger partial charge in [-0.05, 0) is 44.4 Å². The molecule has 1 saturated carbocycles. The van der Waals surface area contributed by atoms with Gasteiger partial charge in [-0.25, -0.2) is 0 Å². The standard InChI is InChI=1S/C15H17Cl2N3O/c1-8(12-6-5-11(16)7-13(12)17)18-9(2)15-19-14(20-21-15)10-3-4-10/h5-10,18H,3-4H2,1-2H3. The average Bonchev–Trinajstić information content (AvgIpc) is 3.16. The molecule has 0 aliphatic heterocycles. The minimum Gasteiger partial charge on any atom is -0.338 e. The maximum atomic E-state index is 6.23. The van der Waals surface area contributed by atoms with Gasteiger partial charge in [0.2, 0.25) is 5.89 Å². The lowest BCUT2D eigenvalue weighted by molar-refractivity contribution is 0.325. The molecular weight excluding hydrogens is 309 g/mol. The molecule has 1 aliphatic carbocycles. The van der Waals surface area contributed by atoms with Gasteiger partial charge in [0.15, 0.2) is 5.82 Å². The Morgan fingerprint density at radius 3 is 2.67 bits per heavy atom. The van der Waals surface area contributed by atoms with Crippen molar-refractivity contribution in [3.63, 3.8) is 0 Å². The van der Waals surface area contributed by atoms with E-state index in [-0.39, 0.29) is 12.1 Å². The van der Waals surface area contributed by atoms with E-state index in [2.05, 4.69) is 15.5 Å². The molecule has 21 heavy (non-hydrogen) atoms. The number of nitrogens with one attached hydrogen (secondary N) is 1. The monoisotopic (exact) mass is 325 g/mol. The van der Waals surface area contributed by atoms with Crippen molar-refractivity contribution >= 4 is 23.2 Å². The highest BCUT2D eigenvalue weighted by Gasteiger charge is 2.29. The van der Waals surface area contributed by atoms with Crippen molar-refractivity contribution in [1.82, 2.24) is 15.5 Å². The highest BCUT2D eigenvalue weighted by molar-refractivity contribution is 6.35.